The lowest BCUT2D eigenvalue weighted by Gasteiger charge is -2.11. The number of ether oxygens (including phenoxy) is 1. The number of unbranched alkanes of at least 4 members (excludes halogenated alkanes) is 2. The zero-order valence-electron chi connectivity index (χ0n) is 20.1. The van der Waals surface area contributed by atoms with Gasteiger partial charge in [0.15, 0.2) is 0 Å². The first kappa shape index (κ1) is 25.2. The van der Waals surface area contributed by atoms with Gasteiger partial charge in [0.25, 0.3) is 0 Å². The van der Waals surface area contributed by atoms with Crippen molar-refractivity contribution in [3.63, 3.8) is 0 Å². The SMILES string of the molecule is COC(=O)CCCCCC(=O)Nc1ccccc1Sc1ccc2c(C=Cc3ccccn3)n[nH]c2c1. The standard InChI is InChI=1S/C28H28N4O3S/c1-35-28(34)13-4-2-3-12-27(33)30-24-10-5-6-11-26(24)36-21-15-16-22-23(31-32-25(22)19-21)17-14-20-9-7-8-18-29-20/h5-11,14-19H,2-4,12-13H2,1H3,(H,30,33)(H,31,32). The number of aromatic nitrogens is 3. The molecule has 7 nitrogen and oxygen atoms in total. The maximum atomic E-state index is 12.5. The summed E-state index contributed by atoms with van der Waals surface area (Å²) in [6.07, 6.45) is 8.72. The Hall–Kier alpha value is -3.91. The number of methoxy groups -OCH3 is 1. The first-order valence-corrected chi connectivity index (χ1v) is 12.6. The van der Waals surface area contributed by atoms with Gasteiger partial charge in [-0.3, -0.25) is 19.7 Å². The lowest BCUT2D eigenvalue weighted by atomic mass is 10.1. The van der Waals surface area contributed by atoms with E-state index in [0.29, 0.717) is 12.8 Å². The predicted octanol–water partition coefficient (Wildman–Crippen LogP) is 6.34. The van der Waals surface area contributed by atoms with Crippen LogP contribution in [0.4, 0.5) is 5.69 Å². The third kappa shape index (κ3) is 7.05. The van der Waals surface area contributed by atoms with Crippen LogP contribution in [0.1, 0.15) is 43.5 Å². The summed E-state index contributed by atoms with van der Waals surface area (Å²) < 4.78 is 4.64. The van der Waals surface area contributed by atoms with E-state index in [1.807, 2.05) is 54.6 Å². The summed E-state index contributed by atoms with van der Waals surface area (Å²) in [7, 11) is 1.39. The van der Waals surface area contributed by atoms with Crippen LogP contribution in [0.3, 0.4) is 0 Å². The number of pyridine rings is 1. The number of amides is 1. The summed E-state index contributed by atoms with van der Waals surface area (Å²) in [5.74, 6) is -0.245. The molecule has 0 fully saturated rings. The van der Waals surface area contributed by atoms with Gasteiger partial charge in [0.1, 0.15) is 0 Å². The van der Waals surface area contributed by atoms with E-state index in [0.717, 1.165) is 57.0 Å². The van der Waals surface area contributed by atoms with E-state index < -0.39 is 0 Å². The number of benzene rings is 2. The van der Waals surface area contributed by atoms with E-state index in [2.05, 4.69) is 43.4 Å². The number of aromatic amines is 1. The highest BCUT2D eigenvalue weighted by atomic mass is 32.2. The highest BCUT2D eigenvalue weighted by Gasteiger charge is 2.10. The Kier molecular flexibility index (Phi) is 8.88. The third-order valence-electron chi connectivity index (χ3n) is 5.56. The molecule has 0 aliphatic carbocycles. The van der Waals surface area contributed by atoms with Gasteiger partial charge >= 0.3 is 5.97 Å². The first-order chi connectivity index (χ1) is 17.6. The Morgan fingerprint density at radius 2 is 1.83 bits per heavy atom. The summed E-state index contributed by atoms with van der Waals surface area (Å²) in [5, 5.41) is 11.6. The Labute approximate surface area is 214 Å². The van der Waals surface area contributed by atoms with Crippen molar-refractivity contribution >= 4 is 52.4 Å². The van der Waals surface area contributed by atoms with E-state index in [-0.39, 0.29) is 11.9 Å². The Balaban J connectivity index is 1.37. The molecule has 2 aromatic carbocycles. The number of nitrogens with one attached hydrogen (secondary N) is 2. The number of carbonyl (C=O) groups excluding carboxylic acids is 2. The molecule has 36 heavy (non-hydrogen) atoms. The molecule has 184 valence electrons. The number of carbonyl (C=O) groups is 2. The summed E-state index contributed by atoms with van der Waals surface area (Å²) in [6.45, 7) is 0. The molecule has 2 aromatic heterocycles. The molecule has 2 N–H and O–H groups in total. The Morgan fingerprint density at radius 1 is 1.00 bits per heavy atom. The van der Waals surface area contributed by atoms with Crippen LogP contribution in [0.2, 0.25) is 0 Å². The number of para-hydroxylation sites is 1. The molecule has 4 rings (SSSR count). The van der Waals surface area contributed by atoms with Crippen molar-refractivity contribution in [3.05, 3.63) is 78.2 Å². The second kappa shape index (κ2) is 12.7. The normalized spacial score (nSPS) is 11.1. The molecule has 0 aliphatic heterocycles. The molecule has 0 radical (unpaired) electrons. The van der Waals surface area contributed by atoms with Gasteiger partial charge in [0.05, 0.1) is 29.7 Å². The monoisotopic (exact) mass is 500 g/mol. The zero-order chi connectivity index (χ0) is 25.2. The minimum atomic E-state index is -0.212. The van der Waals surface area contributed by atoms with Gasteiger partial charge in [-0.05, 0) is 67.5 Å². The summed E-state index contributed by atoms with van der Waals surface area (Å²) >= 11 is 1.59. The van der Waals surface area contributed by atoms with Crippen molar-refractivity contribution in [2.45, 2.75) is 41.9 Å². The van der Waals surface area contributed by atoms with Crippen LogP contribution in [0.5, 0.6) is 0 Å². The molecule has 0 atom stereocenters. The second-order valence-electron chi connectivity index (χ2n) is 8.19. The van der Waals surface area contributed by atoms with Gasteiger partial charge in [-0.1, -0.05) is 36.4 Å². The maximum absolute atomic E-state index is 12.5. The molecule has 0 saturated heterocycles. The van der Waals surface area contributed by atoms with Crippen LogP contribution >= 0.6 is 11.8 Å². The minimum Gasteiger partial charge on any atom is -0.469 e. The Morgan fingerprint density at radius 3 is 2.67 bits per heavy atom. The van der Waals surface area contributed by atoms with Crippen LogP contribution < -0.4 is 5.32 Å². The molecular weight excluding hydrogens is 472 g/mol. The van der Waals surface area contributed by atoms with Crippen molar-refractivity contribution in [2.24, 2.45) is 0 Å². The number of hydrogen-bond acceptors (Lipinski definition) is 6. The molecule has 8 heteroatoms. The second-order valence-corrected chi connectivity index (χ2v) is 9.30. The topological polar surface area (TPSA) is 97.0 Å². The molecule has 0 unspecified atom stereocenters. The number of rotatable bonds is 11. The summed E-state index contributed by atoms with van der Waals surface area (Å²) in [4.78, 5) is 30.0. The van der Waals surface area contributed by atoms with E-state index in [1.165, 1.54) is 7.11 Å². The molecule has 1 amide bonds. The highest BCUT2D eigenvalue weighted by molar-refractivity contribution is 7.99. The lowest BCUT2D eigenvalue weighted by Crippen LogP contribution is -2.11. The van der Waals surface area contributed by atoms with Crippen LogP contribution in [-0.4, -0.2) is 34.2 Å². The molecule has 4 aromatic rings. The first-order valence-electron chi connectivity index (χ1n) is 11.8. The fourth-order valence-corrected chi connectivity index (χ4v) is 4.62. The molecule has 0 spiro atoms. The number of anilines is 1. The van der Waals surface area contributed by atoms with Crippen molar-refractivity contribution < 1.29 is 14.3 Å². The fourth-order valence-electron chi connectivity index (χ4n) is 3.68. The Bertz CT molecular complexity index is 1350. The maximum Gasteiger partial charge on any atom is 0.305 e. The zero-order valence-corrected chi connectivity index (χ0v) is 20.9. The molecule has 0 bridgehead atoms. The van der Waals surface area contributed by atoms with Gasteiger partial charge in [-0.2, -0.15) is 5.10 Å². The van der Waals surface area contributed by atoms with Gasteiger partial charge < -0.3 is 10.1 Å². The minimum absolute atomic E-state index is 0.0329. The molecular formula is C28H28N4O3S. The highest BCUT2D eigenvalue weighted by Crippen LogP contribution is 2.35. The van der Waals surface area contributed by atoms with Gasteiger partial charge in [-0.25, -0.2) is 0 Å². The largest absolute Gasteiger partial charge is 0.469 e. The van der Waals surface area contributed by atoms with Crippen molar-refractivity contribution in [1.82, 2.24) is 15.2 Å². The van der Waals surface area contributed by atoms with E-state index in [4.69, 9.17) is 0 Å². The summed E-state index contributed by atoms with van der Waals surface area (Å²) in [6, 6.07) is 19.7. The number of hydrogen-bond donors (Lipinski definition) is 2. The smallest absolute Gasteiger partial charge is 0.305 e. The van der Waals surface area contributed by atoms with Crippen molar-refractivity contribution in [3.8, 4) is 0 Å². The quantitative estimate of drug-likeness (QED) is 0.184. The number of fused-ring (bicyclic) bond motifs is 1. The van der Waals surface area contributed by atoms with E-state index in [1.54, 1.807) is 18.0 Å². The number of nitrogens with zero attached hydrogens (tertiary/aromatic N) is 2. The average Bonchev–Trinajstić information content (AvgIpc) is 3.31. The number of esters is 1. The molecule has 0 saturated carbocycles. The number of H-pyrrole nitrogens is 1. The lowest BCUT2D eigenvalue weighted by molar-refractivity contribution is -0.140. The third-order valence-corrected chi connectivity index (χ3v) is 6.63. The van der Waals surface area contributed by atoms with Crippen LogP contribution in [0.15, 0.2) is 76.7 Å². The van der Waals surface area contributed by atoms with E-state index in [9.17, 15) is 9.59 Å². The fraction of sp³-hybridized carbons (Fsp3) is 0.214. The van der Waals surface area contributed by atoms with Crippen LogP contribution in [0.25, 0.3) is 23.1 Å². The van der Waals surface area contributed by atoms with Gasteiger partial charge in [-0.15, -0.1) is 0 Å². The van der Waals surface area contributed by atoms with Crippen molar-refractivity contribution in [2.75, 3.05) is 12.4 Å². The van der Waals surface area contributed by atoms with E-state index >= 15 is 0 Å². The predicted molar refractivity (Wildman–Crippen MR) is 144 cm³/mol. The van der Waals surface area contributed by atoms with Gasteiger partial charge in [0, 0.05) is 34.2 Å². The van der Waals surface area contributed by atoms with Crippen molar-refractivity contribution in [1.29, 1.82) is 0 Å². The van der Waals surface area contributed by atoms with Crippen LogP contribution in [-0.2, 0) is 14.3 Å². The molecule has 0 aliphatic rings. The summed E-state index contributed by atoms with van der Waals surface area (Å²) in [5.41, 5.74) is 3.45. The average molecular weight is 501 g/mol. The van der Waals surface area contributed by atoms with Gasteiger partial charge in [0.2, 0.25) is 5.91 Å². The van der Waals surface area contributed by atoms with Crippen LogP contribution in [0, 0.1) is 0 Å². The molecule has 2 heterocycles.